The van der Waals surface area contributed by atoms with Crippen LogP contribution in [0, 0.1) is 0 Å². The molecule has 0 radical (unpaired) electrons. The molecule has 0 bridgehead atoms. The number of benzene rings is 1. The van der Waals surface area contributed by atoms with Crippen LogP contribution in [0.4, 0.5) is 5.69 Å². The molecule has 1 aliphatic heterocycles. The Kier molecular flexibility index (Phi) is 3.06. The Morgan fingerprint density at radius 3 is 2.94 bits per heavy atom. The molecule has 2 aliphatic rings. The van der Waals surface area contributed by atoms with Gasteiger partial charge in [-0.2, -0.15) is 0 Å². The molecule has 2 nitrogen and oxygen atoms in total. The lowest BCUT2D eigenvalue weighted by Gasteiger charge is -2.27. The molecule has 1 N–H and O–H groups in total. The molecule has 3 rings (SSSR count). The summed E-state index contributed by atoms with van der Waals surface area (Å²) in [5.41, 5.74) is 4.58. The molecule has 1 aromatic carbocycles. The predicted molar refractivity (Wildman–Crippen MR) is 72.5 cm³/mol. The van der Waals surface area contributed by atoms with Crippen LogP contribution in [0.5, 0.6) is 0 Å². The van der Waals surface area contributed by atoms with Crippen molar-refractivity contribution in [1.82, 2.24) is 5.32 Å². The smallest absolute Gasteiger partial charge is 0.0402 e. The third-order valence-electron chi connectivity index (χ3n) is 4.29. The normalized spacial score (nSPS) is 19.2. The number of nitrogens with one attached hydrogen (secondary N) is 1. The van der Waals surface area contributed by atoms with E-state index in [4.69, 9.17) is 0 Å². The van der Waals surface area contributed by atoms with Crippen LogP contribution in [0.1, 0.15) is 37.3 Å². The van der Waals surface area contributed by atoms with E-state index in [2.05, 4.69) is 35.3 Å². The molecule has 0 aromatic heterocycles. The van der Waals surface area contributed by atoms with Gasteiger partial charge in [-0.1, -0.05) is 18.6 Å². The predicted octanol–water partition coefficient (Wildman–Crippen LogP) is 2.71. The quantitative estimate of drug-likeness (QED) is 0.855. The van der Waals surface area contributed by atoms with Gasteiger partial charge in [0.15, 0.2) is 0 Å². The molecule has 0 spiro atoms. The van der Waals surface area contributed by atoms with E-state index in [1.165, 1.54) is 43.5 Å². The average Bonchev–Trinajstić information content (AvgIpc) is 2.70. The first kappa shape index (κ1) is 11.1. The average molecular weight is 230 g/mol. The van der Waals surface area contributed by atoms with Crippen molar-refractivity contribution in [3.05, 3.63) is 29.3 Å². The van der Waals surface area contributed by atoms with Crippen molar-refractivity contribution in [2.75, 3.05) is 18.0 Å². The molecule has 1 aromatic rings. The van der Waals surface area contributed by atoms with E-state index in [1.807, 2.05) is 0 Å². The summed E-state index contributed by atoms with van der Waals surface area (Å²) in [6.07, 6.45) is 5.38. The van der Waals surface area contributed by atoms with E-state index in [9.17, 15) is 0 Å². The van der Waals surface area contributed by atoms with Crippen molar-refractivity contribution in [1.29, 1.82) is 0 Å². The molecule has 0 saturated heterocycles. The molecule has 2 heteroatoms. The molecule has 1 heterocycles. The van der Waals surface area contributed by atoms with Gasteiger partial charge in [0.1, 0.15) is 0 Å². The van der Waals surface area contributed by atoms with Gasteiger partial charge in [-0.25, -0.2) is 0 Å². The van der Waals surface area contributed by atoms with E-state index in [0.29, 0.717) is 0 Å². The molecule has 1 saturated carbocycles. The van der Waals surface area contributed by atoms with Gasteiger partial charge in [0.25, 0.3) is 0 Å². The van der Waals surface area contributed by atoms with E-state index >= 15 is 0 Å². The Hall–Kier alpha value is -1.02. The Labute approximate surface area is 104 Å². The molecule has 92 valence electrons. The maximum Gasteiger partial charge on any atom is 0.0402 e. The van der Waals surface area contributed by atoms with E-state index in [1.54, 1.807) is 5.56 Å². The molecule has 0 atom stereocenters. The summed E-state index contributed by atoms with van der Waals surface area (Å²) in [5.74, 6) is 0. The summed E-state index contributed by atoms with van der Waals surface area (Å²) in [6, 6.07) is 7.57. The summed E-state index contributed by atoms with van der Waals surface area (Å²) >= 11 is 0. The second kappa shape index (κ2) is 4.69. The zero-order valence-corrected chi connectivity index (χ0v) is 10.7. The summed E-state index contributed by atoms with van der Waals surface area (Å²) in [4.78, 5) is 2.49. The number of nitrogens with zero attached hydrogens (tertiary/aromatic N) is 1. The van der Waals surface area contributed by atoms with Gasteiger partial charge in [0.05, 0.1) is 0 Å². The van der Waals surface area contributed by atoms with Crippen LogP contribution in [-0.4, -0.2) is 19.1 Å². The van der Waals surface area contributed by atoms with Crippen molar-refractivity contribution < 1.29 is 0 Å². The lowest BCUT2D eigenvalue weighted by molar-refractivity contribution is 0.338. The lowest BCUT2D eigenvalue weighted by atomic mass is 9.92. The van der Waals surface area contributed by atoms with Gasteiger partial charge in [0, 0.05) is 31.4 Å². The van der Waals surface area contributed by atoms with E-state index < -0.39 is 0 Å². The third kappa shape index (κ3) is 2.06. The van der Waals surface area contributed by atoms with Gasteiger partial charge < -0.3 is 10.2 Å². The van der Waals surface area contributed by atoms with Crippen molar-refractivity contribution >= 4 is 5.69 Å². The largest absolute Gasteiger partial charge is 0.371 e. The standard InChI is InChI=1S/C15H22N2/c1-2-17-10-9-14-12(5-3-8-15(14)17)11-16-13-6-4-7-13/h3,5,8,13,16H,2,4,6-7,9-11H2,1H3. The summed E-state index contributed by atoms with van der Waals surface area (Å²) in [6.45, 7) is 5.64. The minimum Gasteiger partial charge on any atom is -0.371 e. The highest BCUT2D eigenvalue weighted by atomic mass is 15.1. The van der Waals surface area contributed by atoms with Crippen molar-refractivity contribution in [3.8, 4) is 0 Å². The van der Waals surface area contributed by atoms with Crippen LogP contribution < -0.4 is 10.2 Å². The SMILES string of the molecule is CCN1CCc2c(CNC3CCC3)cccc21. The summed E-state index contributed by atoms with van der Waals surface area (Å²) < 4.78 is 0. The second-order valence-corrected chi connectivity index (χ2v) is 5.25. The maximum absolute atomic E-state index is 3.68. The fourth-order valence-electron chi connectivity index (χ4n) is 2.93. The monoisotopic (exact) mass is 230 g/mol. The first-order valence-corrected chi connectivity index (χ1v) is 6.97. The topological polar surface area (TPSA) is 15.3 Å². The highest BCUT2D eigenvalue weighted by Gasteiger charge is 2.21. The Balaban J connectivity index is 1.74. The van der Waals surface area contributed by atoms with Crippen LogP contribution in [0.15, 0.2) is 18.2 Å². The van der Waals surface area contributed by atoms with E-state index in [-0.39, 0.29) is 0 Å². The molecule has 0 unspecified atom stereocenters. The Bertz CT molecular complexity index is 396. The number of hydrogen-bond donors (Lipinski definition) is 1. The maximum atomic E-state index is 3.68. The summed E-state index contributed by atoms with van der Waals surface area (Å²) in [7, 11) is 0. The van der Waals surface area contributed by atoms with Crippen LogP contribution in [0.25, 0.3) is 0 Å². The van der Waals surface area contributed by atoms with Gasteiger partial charge in [0.2, 0.25) is 0 Å². The van der Waals surface area contributed by atoms with Crippen LogP contribution in [0.3, 0.4) is 0 Å². The fourth-order valence-corrected chi connectivity index (χ4v) is 2.93. The van der Waals surface area contributed by atoms with Gasteiger partial charge >= 0.3 is 0 Å². The zero-order valence-electron chi connectivity index (χ0n) is 10.7. The van der Waals surface area contributed by atoms with E-state index in [0.717, 1.165) is 19.1 Å². The molecule has 17 heavy (non-hydrogen) atoms. The second-order valence-electron chi connectivity index (χ2n) is 5.25. The summed E-state index contributed by atoms with van der Waals surface area (Å²) in [5, 5.41) is 3.68. The van der Waals surface area contributed by atoms with Crippen molar-refractivity contribution in [2.24, 2.45) is 0 Å². The van der Waals surface area contributed by atoms with Crippen molar-refractivity contribution in [2.45, 2.75) is 45.2 Å². The number of likely N-dealkylation sites (N-methyl/N-ethyl adjacent to an activating group) is 1. The number of rotatable bonds is 4. The molecule has 0 amide bonds. The molecular weight excluding hydrogens is 208 g/mol. The van der Waals surface area contributed by atoms with Gasteiger partial charge in [-0.05, 0) is 43.4 Å². The van der Waals surface area contributed by atoms with Crippen LogP contribution in [0.2, 0.25) is 0 Å². The Morgan fingerprint density at radius 2 is 2.24 bits per heavy atom. The van der Waals surface area contributed by atoms with Gasteiger partial charge in [-0.3, -0.25) is 0 Å². The van der Waals surface area contributed by atoms with Crippen LogP contribution >= 0.6 is 0 Å². The molecular formula is C15H22N2. The van der Waals surface area contributed by atoms with Crippen LogP contribution in [-0.2, 0) is 13.0 Å². The molecule has 1 fully saturated rings. The number of anilines is 1. The first-order chi connectivity index (χ1) is 8.38. The lowest BCUT2D eigenvalue weighted by Crippen LogP contribution is -2.34. The number of hydrogen-bond acceptors (Lipinski definition) is 2. The first-order valence-electron chi connectivity index (χ1n) is 6.97. The minimum atomic E-state index is 0.787. The highest BCUT2D eigenvalue weighted by molar-refractivity contribution is 5.60. The fraction of sp³-hybridized carbons (Fsp3) is 0.600. The minimum absolute atomic E-state index is 0.787. The third-order valence-corrected chi connectivity index (χ3v) is 4.29. The van der Waals surface area contributed by atoms with Gasteiger partial charge in [-0.15, -0.1) is 0 Å². The zero-order chi connectivity index (χ0) is 11.7. The Morgan fingerprint density at radius 1 is 1.35 bits per heavy atom. The number of fused-ring (bicyclic) bond motifs is 1. The van der Waals surface area contributed by atoms with Crippen molar-refractivity contribution in [3.63, 3.8) is 0 Å². The highest BCUT2D eigenvalue weighted by Crippen LogP contribution is 2.30. The molecule has 1 aliphatic carbocycles.